The molecule has 2 rings (SSSR count). The molecule has 0 amide bonds. The van der Waals surface area contributed by atoms with Crippen molar-refractivity contribution in [3.8, 4) is 0 Å². The van der Waals surface area contributed by atoms with Gasteiger partial charge in [0.1, 0.15) is 0 Å². The highest BCUT2D eigenvalue weighted by atomic mass is 32.2. The molecule has 1 aromatic carbocycles. The molecule has 0 N–H and O–H groups in total. The number of hydrogen-bond donors (Lipinski definition) is 0. The van der Waals surface area contributed by atoms with E-state index < -0.39 is 0 Å². The third-order valence-corrected chi connectivity index (χ3v) is 3.55. The molecule has 0 nitrogen and oxygen atoms in total. The van der Waals surface area contributed by atoms with Crippen molar-refractivity contribution in [2.24, 2.45) is 0 Å². The van der Waals surface area contributed by atoms with Gasteiger partial charge in [0.05, 0.1) is 0 Å². The van der Waals surface area contributed by atoms with Gasteiger partial charge in [-0.25, -0.2) is 0 Å². The molecule has 0 saturated heterocycles. The van der Waals surface area contributed by atoms with Crippen molar-refractivity contribution >= 4 is 11.8 Å². The second-order valence-electron chi connectivity index (χ2n) is 4.21. The van der Waals surface area contributed by atoms with Gasteiger partial charge < -0.3 is 0 Å². The van der Waals surface area contributed by atoms with Crippen LogP contribution >= 0.6 is 11.8 Å². The Hall–Kier alpha value is -1.73. The zero-order valence-electron chi connectivity index (χ0n) is 10.9. The molecule has 0 saturated carbocycles. The van der Waals surface area contributed by atoms with Crippen LogP contribution in [0.4, 0.5) is 0 Å². The molecular formula is C18H18S. The monoisotopic (exact) mass is 266 g/mol. The van der Waals surface area contributed by atoms with E-state index in [1.54, 1.807) is 11.8 Å². The summed E-state index contributed by atoms with van der Waals surface area (Å²) in [7, 11) is 0. The van der Waals surface area contributed by atoms with Crippen molar-refractivity contribution in [2.45, 2.75) is 17.7 Å². The Morgan fingerprint density at radius 2 is 1.79 bits per heavy atom. The zero-order valence-corrected chi connectivity index (χ0v) is 11.7. The number of rotatable bonds is 5. The van der Waals surface area contributed by atoms with E-state index >= 15 is 0 Å². The predicted molar refractivity (Wildman–Crippen MR) is 86.2 cm³/mol. The first kappa shape index (κ1) is 13.7. The lowest BCUT2D eigenvalue weighted by molar-refractivity contribution is 0.991. The van der Waals surface area contributed by atoms with Gasteiger partial charge in [-0.05, 0) is 36.0 Å². The molecule has 1 aliphatic rings. The number of benzene rings is 1. The van der Waals surface area contributed by atoms with Gasteiger partial charge in [0.25, 0.3) is 0 Å². The first-order chi connectivity index (χ1) is 9.45. The molecule has 96 valence electrons. The quantitative estimate of drug-likeness (QED) is 0.488. The Bertz CT molecular complexity index is 516. The maximum atomic E-state index is 2.21. The second-order valence-corrected chi connectivity index (χ2v) is 5.19. The Morgan fingerprint density at radius 1 is 0.947 bits per heavy atom. The maximum Gasteiger partial charge on any atom is 0.0116 e. The van der Waals surface area contributed by atoms with Gasteiger partial charge >= 0.3 is 0 Å². The van der Waals surface area contributed by atoms with E-state index in [0.717, 1.165) is 12.8 Å². The summed E-state index contributed by atoms with van der Waals surface area (Å²) in [6.45, 7) is 0. The highest BCUT2D eigenvalue weighted by Crippen LogP contribution is 2.17. The third-order valence-electron chi connectivity index (χ3n) is 2.72. The molecule has 0 unspecified atom stereocenters. The van der Waals surface area contributed by atoms with Crippen molar-refractivity contribution in [1.82, 2.24) is 0 Å². The number of thioether (sulfide) groups is 1. The molecule has 0 aliphatic heterocycles. The number of hydrogen-bond acceptors (Lipinski definition) is 1. The van der Waals surface area contributed by atoms with Crippen LogP contribution in [0.15, 0.2) is 94.8 Å². The van der Waals surface area contributed by atoms with E-state index in [-0.39, 0.29) is 0 Å². The molecule has 0 heterocycles. The Labute approximate surface area is 119 Å². The van der Waals surface area contributed by atoms with Gasteiger partial charge in [-0.3, -0.25) is 0 Å². The van der Waals surface area contributed by atoms with Gasteiger partial charge in [0, 0.05) is 4.90 Å². The van der Waals surface area contributed by atoms with Crippen LogP contribution in [-0.2, 0) is 0 Å². The van der Waals surface area contributed by atoms with Crippen molar-refractivity contribution in [3.63, 3.8) is 0 Å². The molecule has 0 aromatic heterocycles. The lowest BCUT2D eigenvalue weighted by Crippen LogP contribution is -1.81. The van der Waals surface area contributed by atoms with Gasteiger partial charge in [-0.15, -0.1) is 0 Å². The summed E-state index contributed by atoms with van der Waals surface area (Å²) in [5, 5.41) is 2.10. The van der Waals surface area contributed by atoms with Crippen LogP contribution in [0.1, 0.15) is 12.8 Å². The lowest BCUT2D eigenvalue weighted by Gasteiger charge is -2.01. The minimum Gasteiger partial charge on any atom is -0.0981 e. The molecule has 1 aliphatic carbocycles. The lowest BCUT2D eigenvalue weighted by atomic mass is 10.1. The molecule has 1 heteroatoms. The SMILES string of the molecule is C1=CCCC(\C=C/C=C\C=C\Sc2ccccc2)=C1. The summed E-state index contributed by atoms with van der Waals surface area (Å²) in [4.78, 5) is 1.27. The first-order valence-corrected chi connectivity index (χ1v) is 7.40. The molecule has 0 spiro atoms. The molecule has 0 bridgehead atoms. The second kappa shape index (κ2) is 8.39. The zero-order chi connectivity index (χ0) is 13.2. The maximum absolute atomic E-state index is 2.21. The fourth-order valence-corrected chi connectivity index (χ4v) is 2.37. The van der Waals surface area contributed by atoms with Crippen LogP contribution in [0, 0.1) is 0 Å². The highest BCUT2D eigenvalue weighted by Gasteiger charge is 1.92. The Balaban J connectivity index is 1.73. The predicted octanol–water partition coefficient (Wildman–Crippen LogP) is 5.68. The fraction of sp³-hybridized carbons (Fsp3) is 0.111. The smallest absolute Gasteiger partial charge is 0.0116 e. The van der Waals surface area contributed by atoms with E-state index in [9.17, 15) is 0 Å². The molecule has 0 atom stereocenters. The third kappa shape index (κ3) is 5.62. The van der Waals surface area contributed by atoms with Crippen LogP contribution < -0.4 is 0 Å². The summed E-state index contributed by atoms with van der Waals surface area (Å²) in [6.07, 6.45) is 19.3. The van der Waals surface area contributed by atoms with Gasteiger partial charge in [-0.2, -0.15) is 0 Å². The molecule has 0 fully saturated rings. The van der Waals surface area contributed by atoms with Crippen LogP contribution in [-0.4, -0.2) is 0 Å². The largest absolute Gasteiger partial charge is 0.0981 e. The van der Waals surface area contributed by atoms with E-state index in [1.807, 2.05) is 6.07 Å². The molecule has 19 heavy (non-hydrogen) atoms. The summed E-state index contributed by atoms with van der Waals surface area (Å²) >= 11 is 1.73. The van der Waals surface area contributed by atoms with Crippen LogP contribution in [0.3, 0.4) is 0 Å². The topological polar surface area (TPSA) is 0 Å². The van der Waals surface area contributed by atoms with E-state index in [1.165, 1.54) is 10.5 Å². The van der Waals surface area contributed by atoms with Gasteiger partial charge in [-0.1, -0.05) is 78.6 Å². The van der Waals surface area contributed by atoms with E-state index in [0.29, 0.717) is 0 Å². The van der Waals surface area contributed by atoms with Gasteiger partial charge in [0.2, 0.25) is 0 Å². The summed E-state index contributed by atoms with van der Waals surface area (Å²) in [5.41, 5.74) is 1.40. The molecule has 1 aromatic rings. The Morgan fingerprint density at radius 3 is 2.58 bits per heavy atom. The van der Waals surface area contributed by atoms with Crippen molar-refractivity contribution in [1.29, 1.82) is 0 Å². The molecular weight excluding hydrogens is 248 g/mol. The average Bonchev–Trinajstić information content (AvgIpc) is 2.48. The van der Waals surface area contributed by atoms with Crippen molar-refractivity contribution in [2.75, 3.05) is 0 Å². The fourth-order valence-electron chi connectivity index (χ4n) is 1.73. The Kier molecular flexibility index (Phi) is 6.04. The minimum atomic E-state index is 1.15. The van der Waals surface area contributed by atoms with E-state index in [2.05, 4.69) is 78.3 Å². The highest BCUT2D eigenvalue weighted by molar-refractivity contribution is 8.02. The van der Waals surface area contributed by atoms with Crippen LogP contribution in [0.25, 0.3) is 0 Å². The summed E-state index contributed by atoms with van der Waals surface area (Å²) < 4.78 is 0. The first-order valence-electron chi connectivity index (χ1n) is 6.52. The summed E-state index contributed by atoms with van der Waals surface area (Å²) in [5.74, 6) is 0. The molecule has 0 radical (unpaired) electrons. The van der Waals surface area contributed by atoms with Crippen molar-refractivity contribution in [3.05, 3.63) is 89.9 Å². The number of allylic oxidation sites excluding steroid dienone is 9. The normalized spacial score (nSPS) is 15.7. The van der Waals surface area contributed by atoms with Gasteiger partial charge in [0.15, 0.2) is 0 Å². The van der Waals surface area contributed by atoms with Crippen molar-refractivity contribution < 1.29 is 0 Å². The van der Waals surface area contributed by atoms with Crippen LogP contribution in [0.5, 0.6) is 0 Å². The van der Waals surface area contributed by atoms with E-state index in [4.69, 9.17) is 0 Å². The summed E-state index contributed by atoms with van der Waals surface area (Å²) in [6, 6.07) is 10.4. The standard InChI is InChI=1S/C18H18S/c1(5-11-17-12-6-3-7-13-17)2-10-16-19-18-14-8-4-9-15-18/h1-6,8-12,14-16H,7,13H2/b2-1-,11-5-,16-10+. The average molecular weight is 266 g/mol. The minimum absolute atomic E-state index is 1.15. The van der Waals surface area contributed by atoms with Crippen LogP contribution in [0.2, 0.25) is 0 Å².